The summed E-state index contributed by atoms with van der Waals surface area (Å²) in [5.41, 5.74) is 0. The molecule has 0 amide bonds. The Bertz CT molecular complexity index is 114. The molecule has 58 valence electrons. The molecular formula is C8H16N2. The highest BCUT2D eigenvalue weighted by atomic mass is 15.3. The van der Waals surface area contributed by atoms with E-state index in [1.54, 1.807) is 0 Å². The second kappa shape index (κ2) is 2.51. The second-order valence-electron chi connectivity index (χ2n) is 3.52. The van der Waals surface area contributed by atoms with E-state index in [2.05, 4.69) is 17.3 Å². The van der Waals surface area contributed by atoms with Gasteiger partial charge in [0, 0.05) is 25.2 Å². The quantitative estimate of drug-likeness (QED) is 0.599. The molecule has 2 nitrogen and oxygen atoms in total. The van der Waals surface area contributed by atoms with Gasteiger partial charge in [-0.3, -0.25) is 4.90 Å². The van der Waals surface area contributed by atoms with Crippen LogP contribution in [0.25, 0.3) is 0 Å². The molecule has 1 aliphatic heterocycles. The SMILES string of the molecule is CNC1CN(C2CCC2)C1. The molecule has 0 unspecified atom stereocenters. The van der Waals surface area contributed by atoms with Crippen molar-refractivity contribution in [1.29, 1.82) is 0 Å². The van der Waals surface area contributed by atoms with Gasteiger partial charge in [-0.15, -0.1) is 0 Å². The number of likely N-dealkylation sites (tertiary alicyclic amines) is 1. The van der Waals surface area contributed by atoms with Crippen LogP contribution in [0.4, 0.5) is 0 Å². The predicted octanol–water partition coefficient (Wildman–Crippen LogP) is 0.442. The van der Waals surface area contributed by atoms with Gasteiger partial charge in [0.2, 0.25) is 0 Å². The topological polar surface area (TPSA) is 15.3 Å². The Hall–Kier alpha value is -0.0800. The molecule has 2 heteroatoms. The van der Waals surface area contributed by atoms with Crippen LogP contribution in [0.1, 0.15) is 19.3 Å². The van der Waals surface area contributed by atoms with Gasteiger partial charge in [0.1, 0.15) is 0 Å². The summed E-state index contributed by atoms with van der Waals surface area (Å²) >= 11 is 0. The van der Waals surface area contributed by atoms with Crippen molar-refractivity contribution in [3.63, 3.8) is 0 Å². The Labute approximate surface area is 62.6 Å². The first-order chi connectivity index (χ1) is 4.90. The summed E-state index contributed by atoms with van der Waals surface area (Å²) in [6.07, 6.45) is 4.37. The molecule has 1 heterocycles. The molecule has 2 aliphatic rings. The average Bonchev–Trinajstić information content (AvgIpc) is 1.72. The van der Waals surface area contributed by atoms with Crippen molar-refractivity contribution in [1.82, 2.24) is 10.2 Å². The summed E-state index contributed by atoms with van der Waals surface area (Å²) in [6, 6.07) is 1.75. The summed E-state index contributed by atoms with van der Waals surface area (Å²) < 4.78 is 0. The van der Waals surface area contributed by atoms with Gasteiger partial charge < -0.3 is 5.32 Å². The maximum absolute atomic E-state index is 3.29. The van der Waals surface area contributed by atoms with E-state index in [0.29, 0.717) is 0 Å². The molecule has 0 aromatic rings. The van der Waals surface area contributed by atoms with Gasteiger partial charge in [-0.1, -0.05) is 6.42 Å². The zero-order chi connectivity index (χ0) is 6.97. The number of hydrogen-bond donors (Lipinski definition) is 1. The predicted molar refractivity (Wildman–Crippen MR) is 42.1 cm³/mol. The zero-order valence-electron chi connectivity index (χ0n) is 6.64. The first kappa shape index (κ1) is 6.62. The van der Waals surface area contributed by atoms with Crippen LogP contribution in [-0.4, -0.2) is 37.1 Å². The summed E-state index contributed by atoms with van der Waals surface area (Å²) in [6.45, 7) is 2.59. The van der Waals surface area contributed by atoms with E-state index in [0.717, 1.165) is 12.1 Å². The van der Waals surface area contributed by atoms with Crippen LogP contribution in [0.2, 0.25) is 0 Å². The van der Waals surface area contributed by atoms with Crippen LogP contribution in [0.15, 0.2) is 0 Å². The van der Waals surface area contributed by atoms with Crippen LogP contribution in [0, 0.1) is 0 Å². The van der Waals surface area contributed by atoms with Crippen molar-refractivity contribution in [3.8, 4) is 0 Å². The summed E-state index contributed by atoms with van der Waals surface area (Å²) in [5.74, 6) is 0. The first-order valence-electron chi connectivity index (χ1n) is 4.31. The van der Waals surface area contributed by atoms with Gasteiger partial charge in [0.25, 0.3) is 0 Å². The van der Waals surface area contributed by atoms with Gasteiger partial charge in [0.05, 0.1) is 0 Å². The Balaban J connectivity index is 1.69. The minimum Gasteiger partial charge on any atom is -0.315 e. The highest BCUT2D eigenvalue weighted by molar-refractivity contribution is 4.92. The van der Waals surface area contributed by atoms with Crippen LogP contribution in [-0.2, 0) is 0 Å². The lowest BCUT2D eigenvalue weighted by atomic mass is 9.88. The van der Waals surface area contributed by atoms with E-state index in [4.69, 9.17) is 0 Å². The van der Waals surface area contributed by atoms with Crippen molar-refractivity contribution in [2.45, 2.75) is 31.3 Å². The molecule has 1 saturated carbocycles. The fourth-order valence-electron chi connectivity index (χ4n) is 1.75. The number of rotatable bonds is 2. The highest BCUT2D eigenvalue weighted by Crippen LogP contribution is 2.28. The van der Waals surface area contributed by atoms with E-state index in [1.165, 1.54) is 32.4 Å². The second-order valence-corrected chi connectivity index (χ2v) is 3.52. The largest absolute Gasteiger partial charge is 0.315 e. The van der Waals surface area contributed by atoms with Crippen molar-refractivity contribution in [3.05, 3.63) is 0 Å². The number of nitrogens with zero attached hydrogens (tertiary/aromatic N) is 1. The summed E-state index contributed by atoms with van der Waals surface area (Å²) in [7, 11) is 2.06. The molecule has 0 atom stereocenters. The van der Waals surface area contributed by atoms with Gasteiger partial charge >= 0.3 is 0 Å². The minimum absolute atomic E-state index is 0.792. The maximum Gasteiger partial charge on any atom is 0.0320 e. The lowest BCUT2D eigenvalue weighted by Crippen LogP contribution is -2.61. The molecule has 0 radical (unpaired) electrons. The van der Waals surface area contributed by atoms with E-state index >= 15 is 0 Å². The van der Waals surface area contributed by atoms with Crippen molar-refractivity contribution in [2.24, 2.45) is 0 Å². The Morgan fingerprint density at radius 1 is 1.30 bits per heavy atom. The minimum atomic E-state index is 0.792. The Kier molecular flexibility index (Phi) is 1.66. The number of hydrogen-bond acceptors (Lipinski definition) is 2. The number of likely N-dealkylation sites (N-methyl/N-ethyl adjacent to an activating group) is 1. The van der Waals surface area contributed by atoms with Crippen molar-refractivity contribution >= 4 is 0 Å². The smallest absolute Gasteiger partial charge is 0.0320 e. The van der Waals surface area contributed by atoms with Crippen molar-refractivity contribution < 1.29 is 0 Å². The van der Waals surface area contributed by atoms with E-state index in [-0.39, 0.29) is 0 Å². The standard InChI is InChI=1S/C8H16N2/c1-9-7-5-10(6-7)8-3-2-4-8/h7-9H,2-6H2,1H3. The average molecular weight is 140 g/mol. The molecule has 0 spiro atoms. The van der Waals surface area contributed by atoms with Crippen molar-refractivity contribution in [2.75, 3.05) is 20.1 Å². The highest BCUT2D eigenvalue weighted by Gasteiger charge is 2.33. The van der Waals surface area contributed by atoms with Crippen LogP contribution < -0.4 is 5.32 Å². The summed E-state index contributed by atoms with van der Waals surface area (Å²) in [5, 5.41) is 3.29. The van der Waals surface area contributed by atoms with E-state index in [1.807, 2.05) is 0 Å². The van der Waals surface area contributed by atoms with Gasteiger partial charge in [-0.2, -0.15) is 0 Å². The Morgan fingerprint density at radius 2 is 2.00 bits per heavy atom. The lowest BCUT2D eigenvalue weighted by molar-refractivity contribution is 0.0393. The first-order valence-corrected chi connectivity index (χ1v) is 4.31. The summed E-state index contributed by atoms with van der Waals surface area (Å²) in [4.78, 5) is 2.60. The molecule has 0 aromatic heterocycles. The molecule has 2 fully saturated rings. The maximum atomic E-state index is 3.29. The van der Waals surface area contributed by atoms with E-state index in [9.17, 15) is 0 Å². The molecule has 1 saturated heterocycles. The number of nitrogens with one attached hydrogen (secondary N) is 1. The Morgan fingerprint density at radius 3 is 2.40 bits per heavy atom. The van der Waals surface area contributed by atoms with Crippen LogP contribution in [0.5, 0.6) is 0 Å². The van der Waals surface area contributed by atoms with Crippen LogP contribution in [0.3, 0.4) is 0 Å². The zero-order valence-corrected chi connectivity index (χ0v) is 6.64. The van der Waals surface area contributed by atoms with Gasteiger partial charge in [0.15, 0.2) is 0 Å². The van der Waals surface area contributed by atoms with Crippen LogP contribution >= 0.6 is 0 Å². The third-order valence-corrected chi connectivity index (χ3v) is 2.91. The molecule has 0 aromatic carbocycles. The fourth-order valence-corrected chi connectivity index (χ4v) is 1.75. The molecule has 10 heavy (non-hydrogen) atoms. The monoisotopic (exact) mass is 140 g/mol. The van der Waals surface area contributed by atoms with Gasteiger partial charge in [-0.25, -0.2) is 0 Å². The van der Waals surface area contributed by atoms with Gasteiger partial charge in [-0.05, 0) is 19.9 Å². The third kappa shape index (κ3) is 0.956. The molecule has 1 aliphatic carbocycles. The lowest BCUT2D eigenvalue weighted by Gasteiger charge is -2.47. The fraction of sp³-hybridized carbons (Fsp3) is 1.00. The molecular weight excluding hydrogens is 124 g/mol. The third-order valence-electron chi connectivity index (χ3n) is 2.91. The molecule has 2 rings (SSSR count). The van der Waals surface area contributed by atoms with E-state index < -0.39 is 0 Å². The normalized spacial score (nSPS) is 29.7. The molecule has 1 N–H and O–H groups in total. The molecule has 0 bridgehead atoms.